The maximum absolute atomic E-state index is 12.2. The fraction of sp³-hybridized carbons (Fsp3) is 0.600. The third-order valence-corrected chi connectivity index (χ3v) is 6.07. The minimum absolute atomic E-state index is 0.260. The van der Waals surface area contributed by atoms with E-state index in [4.69, 9.17) is 4.74 Å². The molecule has 0 amide bonds. The van der Waals surface area contributed by atoms with Gasteiger partial charge in [-0.3, -0.25) is 0 Å². The van der Waals surface area contributed by atoms with Crippen LogP contribution in [0.1, 0.15) is 38.5 Å². The van der Waals surface area contributed by atoms with Crippen molar-refractivity contribution in [3.05, 3.63) is 22.7 Å². The molecule has 0 spiro atoms. The van der Waals surface area contributed by atoms with Gasteiger partial charge in [0.1, 0.15) is 5.75 Å². The SMILES string of the molecule is COc1ccc(S(=O)(=O)NCCCC2CCCC2)cc1Br. The summed E-state index contributed by atoms with van der Waals surface area (Å²) in [6.07, 6.45) is 7.29. The van der Waals surface area contributed by atoms with Gasteiger partial charge >= 0.3 is 0 Å². The van der Waals surface area contributed by atoms with Crippen LogP contribution in [0.5, 0.6) is 5.75 Å². The lowest BCUT2D eigenvalue weighted by molar-refractivity contribution is 0.411. The fourth-order valence-corrected chi connectivity index (χ4v) is 4.59. The van der Waals surface area contributed by atoms with Crippen molar-refractivity contribution in [1.82, 2.24) is 4.72 Å². The van der Waals surface area contributed by atoms with E-state index in [-0.39, 0.29) is 4.90 Å². The molecule has 0 bridgehead atoms. The second kappa shape index (κ2) is 7.61. The molecule has 0 aromatic heterocycles. The van der Waals surface area contributed by atoms with Gasteiger partial charge in [-0.25, -0.2) is 13.1 Å². The number of sulfonamides is 1. The molecule has 21 heavy (non-hydrogen) atoms. The van der Waals surface area contributed by atoms with Gasteiger partial charge in [0.15, 0.2) is 0 Å². The highest BCUT2D eigenvalue weighted by Gasteiger charge is 2.17. The van der Waals surface area contributed by atoms with Gasteiger partial charge in [0.2, 0.25) is 10.0 Å². The van der Waals surface area contributed by atoms with E-state index in [0.717, 1.165) is 18.8 Å². The molecular weight excluding hydrogens is 354 g/mol. The summed E-state index contributed by atoms with van der Waals surface area (Å²) in [6, 6.07) is 4.78. The molecule has 6 heteroatoms. The summed E-state index contributed by atoms with van der Waals surface area (Å²) in [5.41, 5.74) is 0. The van der Waals surface area contributed by atoms with Crippen molar-refractivity contribution >= 4 is 26.0 Å². The van der Waals surface area contributed by atoms with Crippen LogP contribution in [0.2, 0.25) is 0 Å². The third-order valence-electron chi connectivity index (χ3n) is 3.99. The average Bonchev–Trinajstić information content (AvgIpc) is 2.97. The zero-order chi connectivity index (χ0) is 15.3. The molecule has 0 heterocycles. The quantitative estimate of drug-likeness (QED) is 0.739. The van der Waals surface area contributed by atoms with Crippen LogP contribution in [0.25, 0.3) is 0 Å². The summed E-state index contributed by atoms with van der Waals surface area (Å²) in [5, 5.41) is 0. The molecule has 0 atom stereocenters. The van der Waals surface area contributed by atoms with Crippen molar-refractivity contribution in [1.29, 1.82) is 0 Å². The average molecular weight is 376 g/mol. The lowest BCUT2D eigenvalue weighted by Crippen LogP contribution is -2.25. The van der Waals surface area contributed by atoms with Gasteiger partial charge in [0.25, 0.3) is 0 Å². The van der Waals surface area contributed by atoms with E-state index < -0.39 is 10.0 Å². The maximum atomic E-state index is 12.2. The number of benzene rings is 1. The Hall–Kier alpha value is -0.590. The summed E-state index contributed by atoms with van der Waals surface area (Å²) in [7, 11) is -1.89. The van der Waals surface area contributed by atoms with Gasteiger partial charge in [-0.2, -0.15) is 0 Å². The highest BCUT2D eigenvalue weighted by molar-refractivity contribution is 9.10. The zero-order valence-corrected chi connectivity index (χ0v) is 14.7. The first-order chi connectivity index (χ1) is 10.0. The Balaban J connectivity index is 1.87. The van der Waals surface area contributed by atoms with Crippen molar-refractivity contribution < 1.29 is 13.2 Å². The first-order valence-electron chi connectivity index (χ1n) is 7.36. The summed E-state index contributed by atoms with van der Waals surface area (Å²) < 4.78 is 32.8. The maximum Gasteiger partial charge on any atom is 0.240 e. The Bertz CT molecular complexity index is 568. The second-order valence-corrected chi connectivity index (χ2v) is 8.11. The summed E-state index contributed by atoms with van der Waals surface area (Å²) in [5.74, 6) is 1.42. The van der Waals surface area contributed by atoms with Gasteiger partial charge in [0, 0.05) is 6.54 Å². The molecule has 0 aliphatic heterocycles. The van der Waals surface area contributed by atoms with Crippen molar-refractivity contribution in [2.24, 2.45) is 5.92 Å². The van der Waals surface area contributed by atoms with E-state index in [1.54, 1.807) is 25.3 Å². The normalized spacial score (nSPS) is 16.3. The molecule has 1 aromatic carbocycles. The van der Waals surface area contributed by atoms with Gasteiger partial charge in [-0.05, 0) is 52.9 Å². The number of hydrogen-bond donors (Lipinski definition) is 1. The van der Waals surface area contributed by atoms with Crippen molar-refractivity contribution in [2.45, 2.75) is 43.4 Å². The first-order valence-corrected chi connectivity index (χ1v) is 9.64. The molecule has 1 fully saturated rings. The molecule has 0 radical (unpaired) electrons. The molecule has 1 aromatic rings. The lowest BCUT2D eigenvalue weighted by atomic mass is 10.0. The second-order valence-electron chi connectivity index (χ2n) is 5.49. The molecule has 1 N–H and O–H groups in total. The first kappa shape index (κ1) is 16.8. The van der Waals surface area contributed by atoms with Crippen molar-refractivity contribution in [2.75, 3.05) is 13.7 Å². The van der Waals surface area contributed by atoms with E-state index in [1.165, 1.54) is 25.7 Å². The van der Waals surface area contributed by atoms with Crippen molar-refractivity contribution in [3.63, 3.8) is 0 Å². The molecular formula is C15H22BrNO3S. The summed E-state index contributed by atoms with van der Waals surface area (Å²) >= 11 is 3.31. The molecule has 0 unspecified atom stereocenters. The minimum atomic E-state index is -3.44. The van der Waals surface area contributed by atoms with Gasteiger partial charge in [-0.1, -0.05) is 25.7 Å². The van der Waals surface area contributed by atoms with Gasteiger partial charge in [0.05, 0.1) is 16.5 Å². The largest absolute Gasteiger partial charge is 0.496 e. The van der Waals surface area contributed by atoms with E-state index in [0.29, 0.717) is 16.8 Å². The Labute approximate surface area is 135 Å². The number of rotatable bonds is 7. The molecule has 1 saturated carbocycles. The van der Waals surface area contributed by atoms with Crippen LogP contribution < -0.4 is 9.46 Å². The predicted molar refractivity (Wildman–Crippen MR) is 87.1 cm³/mol. The lowest BCUT2D eigenvalue weighted by Gasteiger charge is -2.11. The molecule has 4 nitrogen and oxygen atoms in total. The Morgan fingerprint density at radius 1 is 1.33 bits per heavy atom. The van der Waals surface area contributed by atoms with Gasteiger partial charge < -0.3 is 4.74 Å². The van der Waals surface area contributed by atoms with E-state index in [9.17, 15) is 8.42 Å². The molecule has 118 valence electrons. The van der Waals surface area contributed by atoms with E-state index in [1.807, 2.05) is 0 Å². The Kier molecular flexibility index (Phi) is 6.08. The number of halogens is 1. The molecule has 1 aliphatic carbocycles. The standard InChI is InChI=1S/C15H22BrNO3S/c1-20-15-9-8-13(11-14(15)16)21(18,19)17-10-4-7-12-5-2-3-6-12/h8-9,11-12,17H,2-7,10H2,1H3. The van der Waals surface area contributed by atoms with Crippen LogP contribution in [0, 0.1) is 5.92 Å². The fourth-order valence-electron chi connectivity index (χ4n) is 2.79. The topological polar surface area (TPSA) is 55.4 Å². The minimum Gasteiger partial charge on any atom is -0.496 e. The van der Waals surface area contributed by atoms with E-state index >= 15 is 0 Å². The van der Waals surface area contributed by atoms with Crippen LogP contribution in [0.3, 0.4) is 0 Å². The zero-order valence-electron chi connectivity index (χ0n) is 12.3. The highest BCUT2D eigenvalue weighted by Crippen LogP contribution is 2.29. The summed E-state index contributed by atoms with van der Waals surface area (Å²) in [6.45, 7) is 0.502. The van der Waals surface area contributed by atoms with Crippen LogP contribution >= 0.6 is 15.9 Å². The van der Waals surface area contributed by atoms with Crippen LogP contribution in [0.4, 0.5) is 0 Å². The molecule has 0 saturated heterocycles. The number of methoxy groups -OCH3 is 1. The summed E-state index contributed by atoms with van der Waals surface area (Å²) in [4.78, 5) is 0.260. The number of ether oxygens (including phenoxy) is 1. The highest BCUT2D eigenvalue weighted by atomic mass is 79.9. The smallest absolute Gasteiger partial charge is 0.240 e. The van der Waals surface area contributed by atoms with Crippen LogP contribution in [0.15, 0.2) is 27.6 Å². The van der Waals surface area contributed by atoms with Crippen LogP contribution in [-0.4, -0.2) is 22.1 Å². The van der Waals surface area contributed by atoms with Crippen molar-refractivity contribution in [3.8, 4) is 5.75 Å². The predicted octanol–water partition coefficient (Wildman–Crippen LogP) is 3.71. The third kappa shape index (κ3) is 4.69. The monoisotopic (exact) mass is 375 g/mol. The van der Waals surface area contributed by atoms with Crippen LogP contribution in [-0.2, 0) is 10.0 Å². The molecule has 1 aliphatic rings. The number of hydrogen-bond acceptors (Lipinski definition) is 3. The number of nitrogens with one attached hydrogen (secondary N) is 1. The van der Waals surface area contributed by atoms with E-state index in [2.05, 4.69) is 20.7 Å². The Morgan fingerprint density at radius 3 is 2.67 bits per heavy atom. The van der Waals surface area contributed by atoms with Gasteiger partial charge in [-0.15, -0.1) is 0 Å². The Morgan fingerprint density at radius 2 is 2.05 bits per heavy atom. The molecule has 2 rings (SSSR count).